The van der Waals surface area contributed by atoms with Crippen LogP contribution >= 0.6 is 11.6 Å². The molecular weight excluding hydrogens is 430 g/mol. The number of ether oxygens (including phenoxy) is 1. The quantitative estimate of drug-likeness (QED) is 0.396. The first-order valence-electron chi connectivity index (χ1n) is 9.55. The van der Waals surface area contributed by atoms with Crippen LogP contribution in [0.2, 0.25) is 5.02 Å². The highest BCUT2D eigenvalue weighted by Crippen LogP contribution is 2.15. The van der Waals surface area contributed by atoms with E-state index in [1.54, 1.807) is 79.9 Å². The Morgan fingerprint density at radius 3 is 2.12 bits per heavy atom. The van der Waals surface area contributed by atoms with Gasteiger partial charge in [0.15, 0.2) is 0 Å². The molecule has 0 unspecified atom stereocenters. The summed E-state index contributed by atoms with van der Waals surface area (Å²) in [4.78, 5) is 37.7. The number of methoxy groups -OCH3 is 1. The molecule has 0 heterocycles. The van der Waals surface area contributed by atoms with Crippen LogP contribution < -0.4 is 20.9 Å². The van der Waals surface area contributed by atoms with Crippen molar-refractivity contribution in [3.05, 3.63) is 106 Å². The maximum atomic E-state index is 12.8. The number of hydrogen-bond donors (Lipinski definition) is 3. The molecule has 0 saturated carbocycles. The fraction of sp³-hybridized carbons (Fsp3) is 0.0417. The first-order chi connectivity index (χ1) is 15.5. The van der Waals surface area contributed by atoms with E-state index in [1.165, 1.54) is 12.1 Å². The van der Waals surface area contributed by atoms with Crippen LogP contribution in [-0.2, 0) is 4.79 Å². The molecule has 0 aromatic heterocycles. The van der Waals surface area contributed by atoms with Gasteiger partial charge in [0.2, 0.25) is 0 Å². The summed E-state index contributed by atoms with van der Waals surface area (Å²) in [5.41, 5.74) is 5.75. The molecule has 0 radical (unpaired) electrons. The zero-order valence-corrected chi connectivity index (χ0v) is 17.8. The molecule has 3 amide bonds. The van der Waals surface area contributed by atoms with Gasteiger partial charge in [0.05, 0.1) is 17.7 Å². The van der Waals surface area contributed by atoms with Gasteiger partial charge in [-0.15, -0.1) is 0 Å². The van der Waals surface area contributed by atoms with Crippen LogP contribution in [0, 0.1) is 0 Å². The van der Waals surface area contributed by atoms with Crippen molar-refractivity contribution in [2.24, 2.45) is 0 Å². The summed E-state index contributed by atoms with van der Waals surface area (Å²) in [5.74, 6) is -1.14. The summed E-state index contributed by atoms with van der Waals surface area (Å²) in [6.07, 6.45) is 1.48. The highest BCUT2D eigenvalue weighted by molar-refractivity contribution is 6.33. The van der Waals surface area contributed by atoms with Gasteiger partial charge in [-0.05, 0) is 48.0 Å². The van der Waals surface area contributed by atoms with Crippen molar-refractivity contribution in [1.29, 1.82) is 0 Å². The lowest BCUT2D eigenvalue weighted by Gasteiger charge is -2.12. The molecule has 0 atom stereocenters. The molecule has 0 aliphatic carbocycles. The van der Waals surface area contributed by atoms with Crippen LogP contribution in [0.5, 0.6) is 5.75 Å². The lowest BCUT2D eigenvalue weighted by molar-refractivity contribution is -0.118. The Balaban J connectivity index is 1.79. The van der Waals surface area contributed by atoms with Gasteiger partial charge in [-0.25, -0.2) is 0 Å². The average molecular weight is 450 g/mol. The fourth-order valence-corrected chi connectivity index (χ4v) is 2.92. The molecule has 3 aromatic rings. The second kappa shape index (κ2) is 10.8. The van der Waals surface area contributed by atoms with Crippen molar-refractivity contribution >= 4 is 35.4 Å². The predicted octanol–water partition coefficient (Wildman–Crippen LogP) is 3.58. The Morgan fingerprint density at radius 2 is 1.47 bits per heavy atom. The highest BCUT2D eigenvalue weighted by Gasteiger charge is 2.16. The Labute approximate surface area is 190 Å². The second-order valence-electron chi connectivity index (χ2n) is 6.54. The van der Waals surface area contributed by atoms with Crippen LogP contribution in [0.15, 0.2) is 84.6 Å². The van der Waals surface area contributed by atoms with E-state index in [-0.39, 0.29) is 16.3 Å². The molecule has 0 aliphatic heterocycles. The third-order valence-electron chi connectivity index (χ3n) is 4.36. The maximum absolute atomic E-state index is 12.8. The van der Waals surface area contributed by atoms with E-state index >= 15 is 0 Å². The monoisotopic (exact) mass is 449 g/mol. The largest absolute Gasteiger partial charge is 0.497 e. The molecule has 0 spiro atoms. The lowest BCUT2D eigenvalue weighted by Crippen LogP contribution is -2.45. The smallest absolute Gasteiger partial charge is 0.286 e. The van der Waals surface area contributed by atoms with Gasteiger partial charge in [0, 0.05) is 5.56 Å². The fourth-order valence-electron chi connectivity index (χ4n) is 2.70. The number of benzene rings is 3. The number of hydrazine groups is 1. The number of nitrogens with one attached hydrogen (secondary N) is 3. The Bertz CT molecular complexity index is 1150. The molecule has 3 N–H and O–H groups in total. The first kappa shape index (κ1) is 22.6. The average Bonchev–Trinajstić information content (AvgIpc) is 2.83. The van der Waals surface area contributed by atoms with E-state index in [9.17, 15) is 14.4 Å². The molecule has 3 rings (SSSR count). The molecule has 162 valence electrons. The molecule has 3 aromatic carbocycles. The van der Waals surface area contributed by atoms with Gasteiger partial charge in [-0.1, -0.05) is 54.1 Å². The van der Waals surface area contributed by atoms with E-state index in [0.717, 1.165) is 0 Å². The minimum absolute atomic E-state index is 0.0662. The van der Waals surface area contributed by atoms with Crippen molar-refractivity contribution in [2.75, 3.05) is 7.11 Å². The topological polar surface area (TPSA) is 96.5 Å². The number of amides is 3. The summed E-state index contributed by atoms with van der Waals surface area (Å²) in [5, 5.41) is 2.83. The van der Waals surface area contributed by atoms with Crippen LogP contribution in [0.1, 0.15) is 26.3 Å². The van der Waals surface area contributed by atoms with Crippen molar-refractivity contribution in [3.8, 4) is 5.75 Å². The van der Waals surface area contributed by atoms with Gasteiger partial charge in [-0.3, -0.25) is 25.2 Å². The third-order valence-corrected chi connectivity index (χ3v) is 4.69. The highest BCUT2D eigenvalue weighted by atomic mass is 35.5. The zero-order chi connectivity index (χ0) is 22.9. The number of carbonyl (C=O) groups is 3. The standard InChI is InChI=1S/C24H20ClN3O4/c1-32-18-13-11-16(12-14-18)15-21(26-22(29)17-7-3-2-4-8-17)24(31)28-27-23(30)19-9-5-6-10-20(19)25/h2-15H,1H3,(H,26,29)(H,27,30)(H,28,31). The minimum Gasteiger partial charge on any atom is -0.497 e. The third kappa shape index (κ3) is 5.96. The number of rotatable bonds is 6. The van der Waals surface area contributed by atoms with E-state index in [0.29, 0.717) is 16.9 Å². The number of carbonyl (C=O) groups excluding carboxylic acids is 3. The Morgan fingerprint density at radius 1 is 0.812 bits per heavy atom. The van der Waals surface area contributed by atoms with E-state index in [4.69, 9.17) is 16.3 Å². The molecule has 8 heteroatoms. The minimum atomic E-state index is -0.717. The molecule has 0 saturated heterocycles. The van der Waals surface area contributed by atoms with Crippen LogP contribution in [0.3, 0.4) is 0 Å². The maximum Gasteiger partial charge on any atom is 0.286 e. The van der Waals surface area contributed by atoms with Gasteiger partial charge in [0.25, 0.3) is 17.7 Å². The van der Waals surface area contributed by atoms with E-state index in [2.05, 4.69) is 16.2 Å². The SMILES string of the molecule is COc1ccc(C=C(NC(=O)c2ccccc2)C(=O)NNC(=O)c2ccccc2Cl)cc1. The van der Waals surface area contributed by atoms with Gasteiger partial charge >= 0.3 is 0 Å². The Hall–Kier alpha value is -4.10. The van der Waals surface area contributed by atoms with Crippen LogP contribution in [0.25, 0.3) is 6.08 Å². The summed E-state index contributed by atoms with van der Waals surface area (Å²) in [6.45, 7) is 0. The summed E-state index contributed by atoms with van der Waals surface area (Å²) < 4.78 is 5.13. The van der Waals surface area contributed by atoms with Gasteiger partial charge in [0.1, 0.15) is 11.4 Å². The van der Waals surface area contributed by atoms with E-state index in [1.807, 2.05) is 0 Å². The van der Waals surface area contributed by atoms with Crippen molar-refractivity contribution < 1.29 is 19.1 Å². The number of hydrogen-bond acceptors (Lipinski definition) is 4. The van der Waals surface area contributed by atoms with Crippen LogP contribution in [-0.4, -0.2) is 24.8 Å². The summed E-state index contributed by atoms with van der Waals surface area (Å²) in [6, 6.07) is 21.8. The normalized spacial score (nSPS) is 10.8. The molecule has 32 heavy (non-hydrogen) atoms. The molecule has 7 nitrogen and oxygen atoms in total. The Kier molecular flexibility index (Phi) is 7.61. The zero-order valence-electron chi connectivity index (χ0n) is 17.1. The summed E-state index contributed by atoms with van der Waals surface area (Å²) >= 11 is 6.01. The molecule has 0 aliphatic rings. The summed E-state index contributed by atoms with van der Waals surface area (Å²) in [7, 11) is 1.55. The number of halogens is 1. The molecule has 0 fully saturated rings. The van der Waals surface area contributed by atoms with Crippen LogP contribution in [0.4, 0.5) is 0 Å². The second-order valence-corrected chi connectivity index (χ2v) is 6.95. The van der Waals surface area contributed by atoms with Gasteiger partial charge < -0.3 is 10.1 Å². The van der Waals surface area contributed by atoms with Gasteiger partial charge in [-0.2, -0.15) is 0 Å². The van der Waals surface area contributed by atoms with Crippen molar-refractivity contribution in [3.63, 3.8) is 0 Å². The lowest BCUT2D eigenvalue weighted by atomic mass is 10.1. The van der Waals surface area contributed by atoms with Crippen molar-refractivity contribution in [2.45, 2.75) is 0 Å². The molecular formula is C24H20ClN3O4. The van der Waals surface area contributed by atoms with Crippen molar-refractivity contribution in [1.82, 2.24) is 16.2 Å². The molecule has 0 bridgehead atoms. The first-order valence-corrected chi connectivity index (χ1v) is 9.93. The predicted molar refractivity (Wildman–Crippen MR) is 122 cm³/mol. The van der Waals surface area contributed by atoms with E-state index < -0.39 is 17.7 Å².